The molecule has 0 spiro atoms. The summed E-state index contributed by atoms with van der Waals surface area (Å²) in [4.78, 5) is 22.4. The minimum atomic E-state index is -0.0318. The average Bonchev–Trinajstić information content (AvgIpc) is 3.19. The molecule has 2 aromatic heterocycles. The summed E-state index contributed by atoms with van der Waals surface area (Å²) in [5, 5.41) is 1.01. The predicted molar refractivity (Wildman–Crippen MR) is 113 cm³/mol. The van der Waals surface area contributed by atoms with Crippen LogP contribution in [-0.4, -0.2) is 35.1 Å². The number of rotatable bonds is 6. The fourth-order valence-electron chi connectivity index (χ4n) is 3.80. The van der Waals surface area contributed by atoms with Crippen molar-refractivity contribution in [1.29, 1.82) is 0 Å². The number of pyridine rings is 1. The zero-order valence-electron chi connectivity index (χ0n) is 16.1. The van der Waals surface area contributed by atoms with Crippen LogP contribution in [0.1, 0.15) is 23.3 Å². The first-order valence-corrected chi connectivity index (χ1v) is 10.5. The molecule has 6 heteroatoms. The summed E-state index contributed by atoms with van der Waals surface area (Å²) in [5.41, 5.74) is 2.25. The van der Waals surface area contributed by atoms with Crippen LogP contribution < -0.4 is 10.3 Å². The molecule has 0 radical (unpaired) electrons. The van der Waals surface area contributed by atoms with Crippen molar-refractivity contribution >= 4 is 11.3 Å². The maximum absolute atomic E-state index is 11.2. The van der Waals surface area contributed by atoms with Crippen molar-refractivity contribution < 1.29 is 4.74 Å². The number of aromatic nitrogens is 2. The van der Waals surface area contributed by atoms with E-state index in [0.29, 0.717) is 5.92 Å². The fraction of sp³-hybridized carbons (Fsp3) is 0.364. The van der Waals surface area contributed by atoms with Gasteiger partial charge in [0.2, 0.25) is 5.56 Å². The van der Waals surface area contributed by atoms with Gasteiger partial charge in [0.05, 0.1) is 12.7 Å². The van der Waals surface area contributed by atoms with Gasteiger partial charge < -0.3 is 9.72 Å². The van der Waals surface area contributed by atoms with Crippen LogP contribution in [0.4, 0.5) is 0 Å². The van der Waals surface area contributed by atoms with E-state index in [2.05, 4.69) is 20.9 Å². The number of piperidine rings is 1. The lowest BCUT2D eigenvalue weighted by atomic mass is 9.91. The van der Waals surface area contributed by atoms with Gasteiger partial charge in [0, 0.05) is 29.9 Å². The first kappa shape index (κ1) is 18.9. The highest BCUT2D eigenvalue weighted by Crippen LogP contribution is 2.33. The van der Waals surface area contributed by atoms with Gasteiger partial charge in [-0.3, -0.25) is 9.69 Å². The zero-order valence-corrected chi connectivity index (χ0v) is 16.9. The molecule has 1 fully saturated rings. The van der Waals surface area contributed by atoms with E-state index < -0.39 is 0 Å². The molecule has 0 bridgehead atoms. The number of para-hydroxylation sites is 1. The lowest BCUT2D eigenvalue weighted by Crippen LogP contribution is -2.33. The average molecular weight is 396 g/mol. The molecule has 4 rings (SSSR count). The van der Waals surface area contributed by atoms with Crippen molar-refractivity contribution in [3.05, 3.63) is 69.6 Å². The third-order valence-electron chi connectivity index (χ3n) is 5.35. The van der Waals surface area contributed by atoms with Gasteiger partial charge in [0.25, 0.3) is 0 Å². The highest BCUT2D eigenvalue weighted by molar-refractivity contribution is 7.15. The fourth-order valence-corrected chi connectivity index (χ4v) is 4.78. The maximum atomic E-state index is 11.2. The Bertz CT molecular complexity index is 953. The van der Waals surface area contributed by atoms with Gasteiger partial charge in [-0.25, -0.2) is 4.98 Å². The number of H-pyrrole nitrogens is 1. The smallest absolute Gasteiger partial charge is 0.247 e. The number of thiazole rings is 1. The third kappa shape index (κ3) is 4.51. The Morgan fingerprint density at radius 2 is 2.04 bits per heavy atom. The Hall–Kier alpha value is -2.44. The van der Waals surface area contributed by atoms with Crippen molar-refractivity contribution in [3.63, 3.8) is 0 Å². The second-order valence-corrected chi connectivity index (χ2v) is 8.43. The van der Waals surface area contributed by atoms with Crippen LogP contribution in [0.15, 0.2) is 53.6 Å². The predicted octanol–water partition coefficient (Wildman–Crippen LogP) is 3.96. The Kier molecular flexibility index (Phi) is 5.88. The molecule has 0 unspecified atom stereocenters. The second-order valence-electron chi connectivity index (χ2n) is 7.32. The first-order chi connectivity index (χ1) is 13.7. The van der Waals surface area contributed by atoms with Gasteiger partial charge in [-0.15, -0.1) is 11.3 Å². The van der Waals surface area contributed by atoms with E-state index in [4.69, 9.17) is 4.74 Å². The molecule has 0 atom stereocenters. The molecule has 0 amide bonds. The van der Waals surface area contributed by atoms with Crippen molar-refractivity contribution in [3.8, 4) is 16.3 Å². The van der Waals surface area contributed by atoms with Crippen LogP contribution in [0.5, 0.6) is 5.75 Å². The molecule has 28 heavy (non-hydrogen) atoms. The van der Waals surface area contributed by atoms with Crippen LogP contribution in [0.2, 0.25) is 0 Å². The molecular weight excluding hydrogens is 370 g/mol. The van der Waals surface area contributed by atoms with Crippen molar-refractivity contribution in [2.45, 2.75) is 25.8 Å². The summed E-state index contributed by atoms with van der Waals surface area (Å²) in [6, 6.07) is 11.6. The molecule has 1 aliphatic heterocycles. The molecule has 1 N–H and O–H groups in total. The Balaban J connectivity index is 1.32. The van der Waals surface area contributed by atoms with Gasteiger partial charge in [-0.1, -0.05) is 18.2 Å². The van der Waals surface area contributed by atoms with Crippen LogP contribution >= 0.6 is 11.3 Å². The van der Waals surface area contributed by atoms with Gasteiger partial charge in [-0.2, -0.15) is 0 Å². The van der Waals surface area contributed by atoms with E-state index in [1.54, 1.807) is 24.5 Å². The van der Waals surface area contributed by atoms with Crippen molar-refractivity contribution in [1.82, 2.24) is 14.9 Å². The van der Waals surface area contributed by atoms with Gasteiger partial charge in [-0.05, 0) is 56.0 Å². The molecule has 0 saturated carbocycles. The number of nitrogens with zero attached hydrogens (tertiary/aromatic N) is 2. The van der Waals surface area contributed by atoms with E-state index in [0.717, 1.165) is 42.4 Å². The monoisotopic (exact) mass is 395 g/mol. The minimum absolute atomic E-state index is 0.0318. The van der Waals surface area contributed by atoms with Crippen LogP contribution in [0.25, 0.3) is 10.6 Å². The number of methoxy groups -OCH3 is 1. The minimum Gasteiger partial charge on any atom is -0.496 e. The number of hydrogen-bond donors (Lipinski definition) is 1. The van der Waals surface area contributed by atoms with Gasteiger partial charge in [0.1, 0.15) is 10.8 Å². The summed E-state index contributed by atoms with van der Waals surface area (Å²) >= 11 is 1.75. The number of nitrogens with one attached hydrogen (secondary N) is 1. The molecule has 1 aliphatic rings. The van der Waals surface area contributed by atoms with Crippen molar-refractivity contribution in [2.75, 3.05) is 20.2 Å². The topological polar surface area (TPSA) is 58.2 Å². The Morgan fingerprint density at radius 3 is 2.79 bits per heavy atom. The van der Waals surface area contributed by atoms with Gasteiger partial charge in [0.15, 0.2) is 0 Å². The molecule has 3 aromatic rings. The zero-order chi connectivity index (χ0) is 19.3. The number of hydrogen-bond acceptors (Lipinski definition) is 5. The van der Waals surface area contributed by atoms with E-state index in [9.17, 15) is 4.79 Å². The lowest BCUT2D eigenvalue weighted by molar-refractivity contribution is 0.178. The van der Waals surface area contributed by atoms with Crippen LogP contribution in [-0.2, 0) is 13.0 Å². The number of benzene rings is 1. The van der Waals surface area contributed by atoms with E-state index in [1.165, 1.54) is 23.3 Å². The van der Waals surface area contributed by atoms with Crippen LogP contribution in [0, 0.1) is 5.92 Å². The highest BCUT2D eigenvalue weighted by atomic mass is 32.1. The number of aromatic amines is 1. The van der Waals surface area contributed by atoms with Crippen LogP contribution in [0.3, 0.4) is 0 Å². The summed E-state index contributed by atoms with van der Waals surface area (Å²) in [5.74, 6) is 1.55. The summed E-state index contributed by atoms with van der Waals surface area (Å²) in [6.07, 6.45) is 7.28. The normalized spacial score (nSPS) is 15.6. The molecule has 5 nitrogen and oxygen atoms in total. The SMILES string of the molecule is COc1ccccc1-c1ncc(CN2CCC(Cc3ccc(=O)[nH]c3)CC2)s1. The number of ether oxygens (including phenoxy) is 1. The molecule has 146 valence electrons. The first-order valence-electron chi connectivity index (χ1n) is 9.69. The highest BCUT2D eigenvalue weighted by Gasteiger charge is 2.20. The van der Waals surface area contributed by atoms with Crippen molar-refractivity contribution in [2.24, 2.45) is 5.92 Å². The van der Waals surface area contributed by atoms with E-state index in [-0.39, 0.29) is 5.56 Å². The standard InChI is InChI=1S/C22H25N3O2S/c1-27-20-5-3-2-4-19(20)22-24-14-18(28-22)15-25-10-8-16(9-11-25)12-17-6-7-21(26)23-13-17/h2-7,13-14,16H,8-12,15H2,1H3,(H,23,26). The molecular formula is C22H25N3O2S. The largest absolute Gasteiger partial charge is 0.496 e. The Labute approximate surface area is 169 Å². The summed E-state index contributed by atoms with van der Waals surface area (Å²) < 4.78 is 5.46. The molecule has 1 saturated heterocycles. The number of likely N-dealkylation sites (tertiary alicyclic amines) is 1. The lowest BCUT2D eigenvalue weighted by Gasteiger charge is -2.31. The van der Waals surface area contributed by atoms with E-state index in [1.807, 2.05) is 36.7 Å². The third-order valence-corrected chi connectivity index (χ3v) is 6.37. The molecule has 3 heterocycles. The van der Waals surface area contributed by atoms with Gasteiger partial charge >= 0.3 is 0 Å². The quantitative estimate of drug-likeness (QED) is 0.686. The summed E-state index contributed by atoms with van der Waals surface area (Å²) in [6.45, 7) is 3.17. The van der Waals surface area contributed by atoms with E-state index >= 15 is 0 Å². The molecule has 0 aliphatic carbocycles. The molecule has 1 aromatic carbocycles. The maximum Gasteiger partial charge on any atom is 0.247 e. The summed E-state index contributed by atoms with van der Waals surface area (Å²) in [7, 11) is 1.70. The Morgan fingerprint density at radius 1 is 1.21 bits per heavy atom. The second kappa shape index (κ2) is 8.71.